The van der Waals surface area contributed by atoms with Crippen LogP contribution >= 0.6 is 11.3 Å². The Hall–Kier alpha value is -1.81. The zero-order valence-electron chi connectivity index (χ0n) is 12.3. The molecule has 1 amide bonds. The zero-order chi connectivity index (χ0) is 14.8. The van der Waals surface area contributed by atoms with Crippen molar-refractivity contribution >= 4 is 28.6 Å². The van der Waals surface area contributed by atoms with Crippen molar-refractivity contribution in [3.8, 4) is 0 Å². The predicted octanol–water partition coefficient (Wildman–Crippen LogP) is 4.58. The number of hydrogen-bond donors (Lipinski definition) is 2. The minimum absolute atomic E-state index is 0.0350. The van der Waals surface area contributed by atoms with Gasteiger partial charge in [0.25, 0.3) is 0 Å². The first kappa shape index (κ1) is 14.1. The fraction of sp³-hybridized carbons (Fsp3) is 0.353. The Labute approximate surface area is 129 Å². The van der Waals surface area contributed by atoms with E-state index in [2.05, 4.69) is 34.2 Å². The van der Waals surface area contributed by atoms with Crippen molar-refractivity contribution in [2.75, 3.05) is 10.6 Å². The highest BCUT2D eigenvalue weighted by atomic mass is 32.1. The van der Waals surface area contributed by atoms with Crippen molar-refractivity contribution in [1.82, 2.24) is 0 Å². The Kier molecular flexibility index (Phi) is 3.97. The summed E-state index contributed by atoms with van der Waals surface area (Å²) in [6.07, 6.45) is 2.58. The Morgan fingerprint density at radius 3 is 2.76 bits per heavy atom. The van der Waals surface area contributed by atoms with Gasteiger partial charge in [0, 0.05) is 23.2 Å². The van der Waals surface area contributed by atoms with Gasteiger partial charge < -0.3 is 10.6 Å². The van der Waals surface area contributed by atoms with E-state index in [9.17, 15) is 4.79 Å². The molecule has 1 aromatic heterocycles. The van der Waals surface area contributed by atoms with Gasteiger partial charge in [-0.3, -0.25) is 4.79 Å². The number of carbonyl (C=O) groups is 1. The molecule has 0 aliphatic heterocycles. The maximum absolute atomic E-state index is 11.3. The average Bonchev–Trinajstić information content (AvgIpc) is 3.13. The molecule has 1 unspecified atom stereocenters. The number of carbonyl (C=O) groups excluding carboxylic acids is 1. The molecule has 0 spiro atoms. The van der Waals surface area contributed by atoms with E-state index in [0.29, 0.717) is 6.04 Å². The largest absolute Gasteiger partial charge is 0.377 e. The van der Waals surface area contributed by atoms with E-state index in [4.69, 9.17) is 0 Å². The molecule has 21 heavy (non-hydrogen) atoms. The molecule has 1 atom stereocenters. The molecule has 4 heteroatoms. The van der Waals surface area contributed by atoms with Crippen LogP contribution in [0.2, 0.25) is 0 Å². The second kappa shape index (κ2) is 5.90. The molecular weight excluding hydrogens is 280 g/mol. The molecule has 2 N–H and O–H groups in total. The van der Waals surface area contributed by atoms with Crippen LogP contribution in [0.15, 0.2) is 35.7 Å². The summed E-state index contributed by atoms with van der Waals surface area (Å²) in [7, 11) is 0. The minimum Gasteiger partial charge on any atom is -0.377 e. The molecular formula is C17H20N2OS. The Morgan fingerprint density at radius 1 is 1.33 bits per heavy atom. The Bertz CT molecular complexity index is 632. The monoisotopic (exact) mass is 300 g/mol. The van der Waals surface area contributed by atoms with Crippen LogP contribution in [0.3, 0.4) is 0 Å². The number of benzene rings is 1. The van der Waals surface area contributed by atoms with E-state index < -0.39 is 0 Å². The Morgan fingerprint density at radius 2 is 2.14 bits per heavy atom. The van der Waals surface area contributed by atoms with Crippen LogP contribution in [0.4, 0.5) is 11.4 Å². The average molecular weight is 300 g/mol. The molecule has 1 aliphatic carbocycles. The van der Waals surface area contributed by atoms with Crippen LogP contribution in [-0.2, 0) is 4.79 Å². The molecule has 110 valence electrons. The van der Waals surface area contributed by atoms with Gasteiger partial charge in [-0.05, 0) is 54.8 Å². The Balaban J connectivity index is 1.81. The normalized spacial score (nSPS) is 15.5. The van der Waals surface area contributed by atoms with Gasteiger partial charge in [0.1, 0.15) is 0 Å². The molecule has 0 bridgehead atoms. The van der Waals surface area contributed by atoms with Crippen LogP contribution in [-0.4, -0.2) is 5.91 Å². The number of rotatable bonds is 5. The summed E-state index contributed by atoms with van der Waals surface area (Å²) in [6.45, 7) is 3.55. The van der Waals surface area contributed by atoms with Crippen LogP contribution in [0, 0.1) is 12.8 Å². The van der Waals surface area contributed by atoms with Gasteiger partial charge in [-0.2, -0.15) is 0 Å². The van der Waals surface area contributed by atoms with Crippen molar-refractivity contribution in [3.63, 3.8) is 0 Å². The van der Waals surface area contributed by atoms with Gasteiger partial charge in [-0.25, -0.2) is 0 Å². The summed E-state index contributed by atoms with van der Waals surface area (Å²) in [5, 5.41) is 8.66. The molecule has 1 aromatic carbocycles. The summed E-state index contributed by atoms with van der Waals surface area (Å²) in [5.41, 5.74) is 3.03. The number of nitrogens with one attached hydrogen (secondary N) is 2. The third-order valence-corrected chi connectivity index (χ3v) is 4.77. The second-order valence-electron chi connectivity index (χ2n) is 5.69. The fourth-order valence-electron chi connectivity index (χ4n) is 2.53. The van der Waals surface area contributed by atoms with E-state index in [0.717, 1.165) is 22.9 Å². The maximum Gasteiger partial charge on any atom is 0.221 e. The van der Waals surface area contributed by atoms with Gasteiger partial charge in [-0.15, -0.1) is 11.3 Å². The van der Waals surface area contributed by atoms with Gasteiger partial charge >= 0.3 is 0 Å². The lowest BCUT2D eigenvalue weighted by Crippen LogP contribution is -2.12. The van der Waals surface area contributed by atoms with Crippen molar-refractivity contribution in [1.29, 1.82) is 0 Å². The fourth-order valence-corrected chi connectivity index (χ4v) is 3.40. The van der Waals surface area contributed by atoms with Crippen molar-refractivity contribution in [3.05, 3.63) is 46.2 Å². The second-order valence-corrected chi connectivity index (χ2v) is 6.67. The summed E-state index contributed by atoms with van der Waals surface area (Å²) in [4.78, 5) is 12.7. The van der Waals surface area contributed by atoms with E-state index in [-0.39, 0.29) is 5.91 Å². The molecule has 3 rings (SSSR count). The number of amides is 1. The van der Waals surface area contributed by atoms with E-state index >= 15 is 0 Å². The number of hydrogen-bond acceptors (Lipinski definition) is 3. The molecule has 1 fully saturated rings. The molecule has 0 radical (unpaired) electrons. The lowest BCUT2D eigenvalue weighted by Gasteiger charge is -2.19. The van der Waals surface area contributed by atoms with E-state index in [1.54, 1.807) is 11.3 Å². The highest BCUT2D eigenvalue weighted by molar-refractivity contribution is 7.10. The van der Waals surface area contributed by atoms with E-state index in [1.165, 1.54) is 24.6 Å². The summed E-state index contributed by atoms with van der Waals surface area (Å²) >= 11 is 1.80. The zero-order valence-corrected chi connectivity index (χ0v) is 13.2. The topological polar surface area (TPSA) is 41.1 Å². The number of aryl methyl sites for hydroxylation is 1. The van der Waals surface area contributed by atoms with Crippen LogP contribution in [0.25, 0.3) is 0 Å². The van der Waals surface area contributed by atoms with Gasteiger partial charge in [0.2, 0.25) is 5.91 Å². The first-order valence-corrected chi connectivity index (χ1v) is 8.19. The van der Waals surface area contributed by atoms with Crippen molar-refractivity contribution in [2.45, 2.75) is 32.7 Å². The molecule has 1 saturated carbocycles. The molecule has 1 heterocycles. The quantitative estimate of drug-likeness (QED) is 0.848. The smallest absolute Gasteiger partial charge is 0.221 e. The summed E-state index contributed by atoms with van der Waals surface area (Å²) in [5.74, 6) is 0.696. The highest BCUT2D eigenvalue weighted by Gasteiger charge is 2.32. The first-order valence-electron chi connectivity index (χ1n) is 7.31. The lowest BCUT2D eigenvalue weighted by atomic mass is 10.1. The molecule has 0 saturated heterocycles. The van der Waals surface area contributed by atoms with Crippen LogP contribution in [0.5, 0.6) is 0 Å². The van der Waals surface area contributed by atoms with Crippen molar-refractivity contribution in [2.24, 2.45) is 5.92 Å². The lowest BCUT2D eigenvalue weighted by molar-refractivity contribution is -0.114. The molecule has 3 nitrogen and oxygen atoms in total. The maximum atomic E-state index is 11.3. The predicted molar refractivity (Wildman–Crippen MR) is 88.9 cm³/mol. The summed E-state index contributed by atoms with van der Waals surface area (Å²) < 4.78 is 0. The van der Waals surface area contributed by atoms with Crippen molar-refractivity contribution < 1.29 is 4.79 Å². The third-order valence-electron chi connectivity index (χ3n) is 3.81. The third kappa shape index (κ3) is 3.45. The van der Waals surface area contributed by atoms with Gasteiger partial charge in [0.05, 0.1) is 6.04 Å². The minimum atomic E-state index is -0.0350. The highest BCUT2D eigenvalue weighted by Crippen LogP contribution is 2.44. The molecule has 1 aliphatic rings. The molecule has 2 aromatic rings. The summed E-state index contributed by atoms with van der Waals surface area (Å²) in [6, 6.07) is 10.9. The standard InChI is InChI=1S/C17H20N2OS/c1-11-5-8-14(10-15(11)18-12(2)20)19-17(13-6-7-13)16-4-3-9-21-16/h3-5,8-10,13,17,19H,6-7H2,1-2H3,(H,18,20). The van der Waals surface area contributed by atoms with E-state index in [1.807, 2.05) is 19.1 Å². The van der Waals surface area contributed by atoms with Gasteiger partial charge in [-0.1, -0.05) is 12.1 Å². The van der Waals surface area contributed by atoms with Crippen LogP contribution in [0.1, 0.15) is 36.2 Å². The number of anilines is 2. The van der Waals surface area contributed by atoms with Crippen LogP contribution < -0.4 is 10.6 Å². The number of thiophene rings is 1. The van der Waals surface area contributed by atoms with Gasteiger partial charge in [0.15, 0.2) is 0 Å². The first-order chi connectivity index (χ1) is 10.1. The SMILES string of the molecule is CC(=O)Nc1cc(NC(c2cccs2)C2CC2)ccc1C.